The molecule has 1 saturated heterocycles. The lowest BCUT2D eigenvalue weighted by Gasteiger charge is -2.30. The van der Waals surface area contributed by atoms with Gasteiger partial charge in [-0.05, 0) is 31.1 Å². The summed E-state index contributed by atoms with van der Waals surface area (Å²) in [6, 6.07) is 0. The van der Waals surface area contributed by atoms with Crippen molar-refractivity contribution >= 4 is 0 Å². The number of rotatable bonds is 1. The van der Waals surface area contributed by atoms with Crippen LogP contribution in [0.25, 0.3) is 0 Å². The normalized spacial score (nSPS) is 31.6. The van der Waals surface area contributed by atoms with Crippen molar-refractivity contribution in [2.75, 3.05) is 19.6 Å². The van der Waals surface area contributed by atoms with E-state index in [0.717, 1.165) is 18.4 Å². The number of likely N-dealkylation sites (tertiary alicyclic amines) is 1. The highest BCUT2D eigenvalue weighted by Gasteiger charge is 2.32. The summed E-state index contributed by atoms with van der Waals surface area (Å²) in [5.41, 5.74) is 0. The van der Waals surface area contributed by atoms with Crippen LogP contribution in [-0.4, -0.2) is 24.5 Å². The lowest BCUT2D eigenvalue weighted by Crippen LogP contribution is -2.36. The Morgan fingerprint density at radius 2 is 1.86 bits per heavy atom. The molecule has 1 heteroatoms. The highest BCUT2D eigenvalue weighted by Crippen LogP contribution is 2.35. The van der Waals surface area contributed by atoms with Gasteiger partial charge in [0.15, 0.2) is 0 Å². The van der Waals surface area contributed by atoms with Crippen molar-refractivity contribution in [3.8, 4) is 11.8 Å². The maximum Gasteiger partial charge on any atom is 0.0601 e. The molecule has 1 heterocycles. The second kappa shape index (κ2) is 4.36. The van der Waals surface area contributed by atoms with Crippen LogP contribution in [0.5, 0.6) is 0 Å². The summed E-state index contributed by atoms with van der Waals surface area (Å²) in [7, 11) is 0. The molecule has 2 aliphatic rings. The van der Waals surface area contributed by atoms with Crippen LogP contribution in [-0.2, 0) is 0 Å². The van der Waals surface area contributed by atoms with E-state index in [1.807, 2.05) is 0 Å². The first-order valence-corrected chi connectivity index (χ1v) is 5.95. The zero-order chi connectivity index (χ0) is 9.97. The predicted octanol–water partition coefficient (Wildman–Crippen LogP) is 2.38. The van der Waals surface area contributed by atoms with E-state index < -0.39 is 0 Å². The third-order valence-corrected chi connectivity index (χ3v) is 3.38. The second-order valence-electron chi connectivity index (χ2n) is 5.22. The number of hydrogen-bond donors (Lipinski definition) is 0. The van der Waals surface area contributed by atoms with Crippen molar-refractivity contribution in [3.63, 3.8) is 0 Å². The number of fused-ring (bicyclic) bond motifs is 2. The zero-order valence-electron chi connectivity index (χ0n) is 9.42. The molecule has 0 amide bonds. The quantitative estimate of drug-likeness (QED) is 0.575. The number of nitrogens with zero attached hydrogens (tertiary/aromatic N) is 1. The second-order valence-corrected chi connectivity index (χ2v) is 5.22. The van der Waals surface area contributed by atoms with E-state index in [1.165, 1.54) is 32.4 Å². The Balaban J connectivity index is 1.80. The Bertz CT molecular complexity index is 234. The van der Waals surface area contributed by atoms with Crippen molar-refractivity contribution in [2.24, 2.45) is 17.8 Å². The standard InChI is InChI=1S/C13H21N/c1-11(2)4-3-7-14-9-12-5-6-13(8-12)10-14/h11-13H,5-10H2,1-2H3. The van der Waals surface area contributed by atoms with Gasteiger partial charge in [-0.1, -0.05) is 25.7 Å². The molecule has 1 aliphatic carbocycles. The van der Waals surface area contributed by atoms with E-state index in [-0.39, 0.29) is 0 Å². The van der Waals surface area contributed by atoms with Gasteiger partial charge in [-0.25, -0.2) is 0 Å². The lowest BCUT2D eigenvalue weighted by molar-refractivity contribution is 0.187. The topological polar surface area (TPSA) is 3.24 Å². The summed E-state index contributed by atoms with van der Waals surface area (Å²) in [5.74, 6) is 9.07. The smallest absolute Gasteiger partial charge is 0.0601 e. The summed E-state index contributed by atoms with van der Waals surface area (Å²) in [6.45, 7) is 7.94. The monoisotopic (exact) mass is 191 g/mol. The minimum atomic E-state index is 0.525. The van der Waals surface area contributed by atoms with Crippen molar-refractivity contribution in [1.29, 1.82) is 0 Å². The molecular formula is C13H21N. The molecular weight excluding hydrogens is 170 g/mol. The van der Waals surface area contributed by atoms with Crippen molar-refractivity contribution in [2.45, 2.75) is 33.1 Å². The van der Waals surface area contributed by atoms with Gasteiger partial charge >= 0.3 is 0 Å². The van der Waals surface area contributed by atoms with Crippen LogP contribution >= 0.6 is 0 Å². The Kier molecular flexibility index (Phi) is 3.13. The summed E-state index contributed by atoms with van der Waals surface area (Å²) in [4.78, 5) is 2.56. The van der Waals surface area contributed by atoms with E-state index >= 15 is 0 Å². The predicted molar refractivity (Wildman–Crippen MR) is 59.9 cm³/mol. The third-order valence-electron chi connectivity index (χ3n) is 3.38. The molecule has 78 valence electrons. The van der Waals surface area contributed by atoms with Gasteiger partial charge in [0.1, 0.15) is 0 Å². The van der Waals surface area contributed by atoms with Crippen LogP contribution in [0.4, 0.5) is 0 Å². The summed E-state index contributed by atoms with van der Waals surface area (Å²) in [5, 5.41) is 0. The van der Waals surface area contributed by atoms with Gasteiger partial charge in [0, 0.05) is 19.0 Å². The Labute approximate surface area is 87.9 Å². The molecule has 2 bridgehead atoms. The highest BCUT2D eigenvalue weighted by atomic mass is 15.1. The first-order valence-electron chi connectivity index (χ1n) is 5.95. The van der Waals surface area contributed by atoms with Gasteiger partial charge in [0.25, 0.3) is 0 Å². The summed E-state index contributed by atoms with van der Waals surface area (Å²) >= 11 is 0. The molecule has 0 radical (unpaired) electrons. The molecule has 1 aliphatic heterocycles. The number of piperidine rings is 1. The lowest BCUT2D eigenvalue weighted by atomic mass is 9.99. The molecule has 2 rings (SSSR count). The van der Waals surface area contributed by atoms with Gasteiger partial charge in [-0.2, -0.15) is 0 Å². The zero-order valence-corrected chi connectivity index (χ0v) is 9.42. The SMILES string of the molecule is CC(C)C#CCN1CC2CCC(C2)C1. The molecule has 0 N–H and O–H groups in total. The van der Waals surface area contributed by atoms with Gasteiger partial charge in [0.2, 0.25) is 0 Å². The van der Waals surface area contributed by atoms with Crippen LogP contribution in [0.15, 0.2) is 0 Å². The average molecular weight is 191 g/mol. The Hall–Kier alpha value is -0.480. The minimum absolute atomic E-state index is 0.525. The fourth-order valence-electron chi connectivity index (χ4n) is 2.81. The molecule has 0 spiro atoms. The molecule has 1 saturated carbocycles. The molecule has 0 aromatic rings. The molecule has 0 aromatic heterocycles. The fraction of sp³-hybridized carbons (Fsp3) is 0.846. The maximum absolute atomic E-state index is 3.30. The summed E-state index contributed by atoms with van der Waals surface area (Å²) < 4.78 is 0. The molecule has 1 nitrogen and oxygen atoms in total. The van der Waals surface area contributed by atoms with Crippen LogP contribution in [0.1, 0.15) is 33.1 Å². The third kappa shape index (κ3) is 2.51. The molecule has 0 aromatic carbocycles. The summed E-state index contributed by atoms with van der Waals surface area (Å²) in [6.07, 6.45) is 4.44. The van der Waals surface area contributed by atoms with E-state index in [1.54, 1.807) is 0 Å². The van der Waals surface area contributed by atoms with Gasteiger partial charge in [-0.3, -0.25) is 4.90 Å². The molecule has 2 fully saturated rings. The van der Waals surface area contributed by atoms with Gasteiger partial charge < -0.3 is 0 Å². The molecule has 14 heavy (non-hydrogen) atoms. The Morgan fingerprint density at radius 1 is 1.21 bits per heavy atom. The van der Waals surface area contributed by atoms with Crippen LogP contribution in [0.3, 0.4) is 0 Å². The molecule has 2 unspecified atom stereocenters. The van der Waals surface area contributed by atoms with Crippen LogP contribution in [0.2, 0.25) is 0 Å². The first kappa shape index (κ1) is 10.1. The fourth-order valence-corrected chi connectivity index (χ4v) is 2.81. The van der Waals surface area contributed by atoms with Crippen LogP contribution in [0, 0.1) is 29.6 Å². The maximum atomic E-state index is 3.30. The highest BCUT2D eigenvalue weighted by molar-refractivity contribution is 5.04. The van der Waals surface area contributed by atoms with E-state index in [9.17, 15) is 0 Å². The van der Waals surface area contributed by atoms with E-state index in [0.29, 0.717) is 5.92 Å². The van der Waals surface area contributed by atoms with Crippen LogP contribution < -0.4 is 0 Å². The Morgan fingerprint density at radius 3 is 2.43 bits per heavy atom. The number of hydrogen-bond acceptors (Lipinski definition) is 1. The largest absolute Gasteiger partial charge is 0.292 e. The van der Waals surface area contributed by atoms with Gasteiger partial charge in [-0.15, -0.1) is 0 Å². The van der Waals surface area contributed by atoms with E-state index in [4.69, 9.17) is 0 Å². The van der Waals surface area contributed by atoms with E-state index in [2.05, 4.69) is 30.6 Å². The van der Waals surface area contributed by atoms with Crippen molar-refractivity contribution in [3.05, 3.63) is 0 Å². The minimum Gasteiger partial charge on any atom is -0.292 e. The van der Waals surface area contributed by atoms with Crippen molar-refractivity contribution < 1.29 is 0 Å². The first-order chi connectivity index (χ1) is 6.74. The van der Waals surface area contributed by atoms with Crippen molar-refractivity contribution in [1.82, 2.24) is 4.90 Å². The average Bonchev–Trinajstić information content (AvgIpc) is 2.45. The van der Waals surface area contributed by atoms with Gasteiger partial charge in [0.05, 0.1) is 6.54 Å². The molecule has 2 atom stereocenters.